The number of nitrogens with one attached hydrogen (secondary N) is 1. The summed E-state index contributed by atoms with van der Waals surface area (Å²) in [6, 6.07) is 6.13. The summed E-state index contributed by atoms with van der Waals surface area (Å²) in [6.45, 7) is 0.306. The number of hydrogen-bond donors (Lipinski definition) is 2. The van der Waals surface area contributed by atoms with Crippen LogP contribution in [0.1, 0.15) is 32.1 Å². The van der Waals surface area contributed by atoms with Crippen LogP contribution in [0.3, 0.4) is 0 Å². The lowest BCUT2D eigenvalue weighted by Gasteiger charge is -2.25. The van der Waals surface area contributed by atoms with Crippen LogP contribution in [0.2, 0.25) is 5.15 Å². The van der Waals surface area contributed by atoms with E-state index in [9.17, 15) is 19.5 Å². The molecule has 2 aromatic rings. The number of nitrogens with zero attached hydrogens (tertiary/aromatic N) is 2. The van der Waals surface area contributed by atoms with Crippen molar-refractivity contribution in [3.8, 4) is 11.6 Å². The number of hydrogen-bond acceptors (Lipinski definition) is 7. The zero-order chi connectivity index (χ0) is 26.2. The highest BCUT2D eigenvalue weighted by Crippen LogP contribution is 2.45. The molecule has 5 rings (SSSR count). The van der Waals surface area contributed by atoms with Crippen molar-refractivity contribution in [1.29, 1.82) is 0 Å². The molecule has 196 valence electrons. The Kier molecular flexibility index (Phi) is 6.85. The SMILES string of the molecule is COc1ccc2c(OC3CC4C(=O)NC5(C(=O)O)CC5/C=C\CCCCOC(=O)N4C3)nc(Cl)cc2c1. The quantitative estimate of drug-likeness (QED) is 0.454. The Bertz CT molecular complexity index is 1270. The first-order chi connectivity index (χ1) is 17.8. The fourth-order valence-corrected chi connectivity index (χ4v) is 5.21. The van der Waals surface area contributed by atoms with Gasteiger partial charge in [-0.2, -0.15) is 0 Å². The number of allylic oxidation sites excluding steroid dienone is 1. The summed E-state index contributed by atoms with van der Waals surface area (Å²) in [5.74, 6) is -1.01. The number of methoxy groups -OCH3 is 1. The predicted molar refractivity (Wildman–Crippen MR) is 134 cm³/mol. The molecule has 1 aromatic carbocycles. The van der Waals surface area contributed by atoms with Crippen LogP contribution in [0.15, 0.2) is 36.4 Å². The van der Waals surface area contributed by atoms with Gasteiger partial charge in [0.15, 0.2) is 0 Å². The lowest BCUT2D eigenvalue weighted by Crippen LogP contribution is -2.53. The number of pyridine rings is 1. The molecule has 2 amide bonds. The number of cyclic esters (lactones) is 1. The number of carboxylic acids is 1. The second-order valence-electron chi connectivity index (χ2n) is 9.60. The molecule has 1 aromatic heterocycles. The fourth-order valence-electron chi connectivity index (χ4n) is 5.01. The van der Waals surface area contributed by atoms with Gasteiger partial charge in [-0.1, -0.05) is 23.8 Å². The van der Waals surface area contributed by atoms with E-state index in [4.69, 9.17) is 25.8 Å². The molecule has 2 aliphatic heterocycles. The van der Waals surface area contributed by atoms with Gasteiger partial charge in [0.2, 0.25) is 11.8 Å². The van der Waals surface area contributed by atoms with Gasteiger partial charge in [-0.25, -0.2) is 14.6 Å². The Balaban J connectivity index is 1.40. The highest BCUT2D eigenvalue weighted by Gasteiger charge is 2.61. The van der Waals surface area contributed by atoms with Gasteiger partial charge in [0, 0.05) is 17.7 Å². The van der Waals surface area contributed by atoms with Gasteiger partial charge in [0.25, 0.3) is 0 Å². The molecule has 4 unspecified atom stereocenters. The first kappa shape index (κ1) is 25.1. The Morgan fingerprint density at radius 2 is 2.14 bits per heavy atom. The minimum atomic E-state index is -1.37. The van der Waals surface area contributed by atoms with Crippen molar-refractivity contribution < 1.29 is 33.7 Å². The molecule has 3 heterocycles. The van der Waals surface area contributed by atoms with Crippen LogP contribution in [0.4, 0.5) is 4.79 Å². The van der Waals surface area contributed by atoms with Gasteiger partial charge in [0.05, 0.1) is 20.3 Å². The number of fused-ring (bicyclic) bond motifs is 3. The Hall–Kier alpha value is -3.53. The molecule has 10 nitrogen and oxygen atoms in total. The maximum Gasteiger partial charge on any atom is 0.410 e. The summed E-state index contributed by atoms with van der Waals surface area (Å²) in [6.07, 6.45) is 5.22. The molecular weight excluding hydrogens is 502 g/mol. The smallest absolute Gasteiger partial charge is 0.410 e. The van der Waals surface area contributed by atoms with E-state index in [1.165, 1.54) is 4.90 Å². The minimum Gasteiger partial charge on any atom is -0.497 e. The van der Waals surface area contributed by atoms with Crippen LogP contribution in [0, 0.1) is 5.92 Å². The number of aromatic nitrogens is 1. The third-order valence-corrected chi connectivity index (χ3v) is 7.35. The van der Waals surface area contributed by atoms with Crippen molar-refractivity contribution in [3.63, 3.8) is 0 Å². The first-order valence-electron chi connectivity index (χ1n) is 12.3. The van der Waals surface area contributed by atoms with Gasteiger partial charge in [-0.15, -0.1) is 0 Å². The summed E-state index contributed by atoms with van der Waals surface area (Å²) in [7, 11) is 1.57. The first-order valence-corrected chi connectivity index (χ1v) is 12.6. The van der Waals surface area contributed by atoms with E-state index in [0.717, 1.165) is 18.2 Å². The van der Waals surface area contributed by atoms with Gasteiger partial charge in [-0.05, 0) is 55.3 Å². The predicted octanol–water partition coefficient (Wildman–Crippen LogP) is 3.55. The number of carbonyl (C=O) groups excluding carboxylic acids is 2. The maximum absolute atomic E-state index is 13.3. The van der Waals surface area contributed by atoms with Crippen molar-refractivity contribution in [2.45, 2.75) is 49.8 Å². The summed E-state index contributed by atoms with van der Waals surface area (Å²) >= 11 is 6.23. The van der Waals surface area contributed by atoms with Gasteiger partial charge < -0.3 is 24.6 Å². The molecule has 1 aliphatic carbocycles. The third kappa shape index (κ3) is 5.02. The monoisotopic (exact) mass is 529 g/mol. The average Bonchev–Trinajstić information content (AvgIpc) is 3.40. The average molecular weight is 530 g/mol. The van der Waals surface area contributed by atoms with Crippen LogP contribution < -0.4 is 14.8 Å². The van der Waals surface area contributed by atoms with E-state index in [-0.39, 0.29) is 36.5 Å². The summed E-state index contributed by atoms with van der Waals surface area (Å²) in [5, 5.41) is 14.2. The number of aliphatic carboxylic acids is 1. The Labute approximate surface area is 218 Å². The largest absolute Gasteiger partial charge is 0.497 e. The van der Waals surface area contributed by atoms with E-state index in [2.05, 4.69) is 10.3 Å². The zero-order valence-electron chi connectivity index (χ0n) is 20.3. The number of amides is 2. The molecule has 4 atom stereocenters. The second-order valence-corrected chi connectivity index (χ2v) is 9.98. The maximum atomic E-state index is 13.3. The van der Waals surface area contributed by atoms with E-state index in [0.29, 0.717) is 24.0 Å². The summed E-state index contributed by atoms with van der Waals surface area (Å²) in [5.41, 5.74) is -1.37. The van der Waals surface area contributed by atoms with Gasteiger partial charge in [-0.3, -0.25) is 9.69 Å². The van der Waals surface area contributed by atoms with Crippen molar-refractivity contribution >= 4 is 40.3 Å². The third-order valence-electron chi connectivity index (χ3n) is 7.15. The number of halogens is 1. The molecule has 2 fully saturated rings. The van der Waals surface area contributed by atoms with E-state index < -0.39 is 35.7 Å². The van der Waals surface area contributed by atoms with Crippen molar-refractivity contribution in [2.24, 2.45) is 5.92 Å². The molecule has 11 heteroatoms. The highest BCUT2D eigenvalue weighted by molar-refractivity contribution is 6.30. The van der Waals surface area contributed by atoms with Gasteiger partial charge >= 0.3 is 12.1 Å². The van der Waals surface area contributed by atoms with Crippen LogP contribution in [-0.4, -0.2) is 70.9 Å². The van der Waals surface area contributed by atoms with E-state index in [1.54, 1.807) is 25.3 Å². The topological polar surface area (TPSA) is 127 Å². The summed E-state index contributed by atoms with van der Waals surface area (Å²) in [4.78, 5) is 44.0. The number of rotatable bonds is 4. The molecule has 37 heavy (non-hydrogen) atoms. The molecule has 0 spiro atoms. The van der Waals surface area contributed by atoms with Crippen molar-refractivity contribution in [2.75, 3.05) is 20.3 Å². The van der Waals surface area contributed by atoms with Crippen LogP contribution >= 0.6 is 11.6 Å². The lowest BCUT2D eigenvalue weighted by molar-refractivity contribution is -0.144. The van der Waals surface area contributed by atoms with E-state index in [1.807, 2.05) is 18.2 Å². The normalized spacial score (nSPS) is 28.8. The minimum absolute atomic E-state index is 0.0756. The second kappa shape index (κ2) is 10.1. The van der Waals surface area contributed by atoms with Gasteiger partial charge in [0.1, 0.15) is 28.6 Å². The number of ether oxygens (including phenoxy) is 3. The molecule has 0 bridgehead atoms. The van der Waals surface area contributed by atoms with Crippen LogP contribution in [0.5, 0.6) is 11.6 Å². The number of benzene rings is 1. The molecule has 2 N–H and O–H groups in total. The zero-order valence-corrected chi connectivity index (χ0v) is 21.1. The number of carboxylic acid groups (broad SMARTS) is 1. The molecule has 1 saturated carbocycles. The highest BCUT2D eigenvalue weighted by atomic mass is 35.5. The molecule has 1 saturated heterocycles. The van der Waals surface area contributed by atoms with E-state index >= 15 is 0 Å². The Morgan fingerprint density at radius 1 is 1.30 bits per heavy atom. The molecular formula is C26H28ClN3O7. The van der Waals surface area contributed by atoms with Crippen molar-refractivity contribution in [1.82, 2.24) is 15.2 Å². The molecule has 0 radical (unpaired) electrons. The van der Waals surface area contributed by atoms with Crippen LogP contribution in [-0.2, 0) is 14.3 Å². The number of carbonyl (C=O) groups is 3. The van der Waals surface area contributed by atoms with Crippen molar-refractivity contribution in [3.05, 3.63) is 41.6 Å². The molecule has 3 aliphatic rings. The lowest BCUT2D eigenvalue weighted by atomic mass is 10.1. The summed E-state index contributed by atoms with van der Waals surface area (Å²) < 4.78 is 16.9. The standard InChI is InChI=1S/C26H28ClN3O7/c1-35-17-7-8-19-15(10-17)11-21(27)28-23(19)37-18-12-20-22(31)29-26(24(32)33)13-16(26)6-4-2-3-5-9-36-25(34)30(20)14-18/h4,6-8,10-11,16,18,20H,2-3,5,9,12-14H2,1H3,(H,29,31)(H,32,33)/b6-4-. The Morgan fingerprint density at radius 3 is 2.92 bits per heavy atom. The van der Waals surface area contributed by atoms with Crippen LogP contribution in [0.25, 0.3) is 10.8 Å². The fraction of sp³-hybridized carbons (Fsp3) is 0.462.